The van der Waals surface area contributed by atoms with Gasteiger partial charge in [0.25, 0.3) is 0 Å². The molecule has 3 rings (SSSR count). The average Bonchev–Trinajstić information content (AvgIpc) is 3.57. The molecular weight excluding hydrogens is 444 g/mol. The van der Waals surface area contributed by atoms with Gasteiger partial charge in [0.15, 0.2) is 0 Å². The molecule has 0 aromatic carbocycles. The van der Waals surface area contributed by atoms with Crippen molar-refractivity contribution in [3.63, 3.8) is 0 Å². The number of allylic oxidation sites excluding steroid dienone is 5. The van der Waals surface area contributed by atoms with Gasteiger partial charge >= 0.3 is 12.2 Å². The summed E-state index contributed by atoms with van der Waals surface area (Å²) in [6.07, 6.45) is 15.9. The van der Waals surface area contributed by atoms with Crippen LogP contribution in [-0.2, 0) is 14.2 Å². The van der Waals surface area contributed by atoms with Gasteiger partial charge < -0.3 is 24.4 Å². The number of cyclic esters (lactones) is 1. The third-order valence-electron chi connectivity index (χ3n) is 5.50. The number of epoxide rings is 1. The highest BCUT2D eigenvalue weighted by atomic mass is 16.6. The summed E-state index contributed by atoms with van der Waals surface area (Å²) in [4.78, 5) is 24.7. The molecule has 0 radical (unpaired) electrons. The summed E-state index contributed by atoms with van der Waals surface area (Å²) in [5.74, 6) is 0. The maximum atomic E-state index is 12.0. The molecule has 7 heteroatoms. The van der Waals surface area contributed by atoms with Crippen molar-refractivity contribution >= 4 is 12.2 Å². The highest BCUT2D eigenvalue weighted by Crippen LogP contribution is 2.44. The van der Waals surface area contributed by atoms with Crippen molar-refractivity contribution in [2.24, 2.45) is 0 Å². The summed E-state index contributed by atoms with van der Waals surface area (Å²) in [5.41, 5.74) is -0.0481. The van der Waals surface area contributed by atoms with Gasteiger partial charge in [-0.1, -0.05) is 50.3 Å². The molecular formula is C28H46N2O5. The first-order valence-corrected chi connectivity index (χ1v) is 12.7. The fourth-order valence-corrected chi connectivity index (χ4v) is 3.63. The van der Waals surface area contributed by atoms with Crippen LogP contribution in [0.5, 0.6) is 0 Å². The fourth-order valence-electron chi connectivity index (χ4n) is 3.63. The molecule has 1 aliphatic carbocycles. The van der Waals surface area contributed by atoms with Crippen molar-refractivity contribution in [1.29, 1.82) is 0 Å². The lowest BCUT2D eigenvalue weighted by atomic mass is 9.80. The van der Waals surface area contributed by atoms with Crippen LogP contribution in [0, 0.1) is 0 Å². The van der Waals surface area contributed by atoms with Gasteiger partial charge in [0.2, 0.25) is 0 Å². The minimum absolute atomic E-state index is 0.152. The summed E-state index contributed by atoms with van der Waals surface area (Å²) < 4.78 is 16.4. The van der Waals surface area contributed by atoms with Crippen molar-refractivity contribution in [3.05, 3.63) is 48.6 Å². The molecule has 7 nitrogen and oxygen atoms in total. The fraction of sp³-hybridized carbons (Fsp3) is 0.643. The number of alkyl carbamates (subject to hydrolysis) is 1. The summed E-state index contributed by atoms with van der Waals surface area (Å²) in [7, 11) is 1.78. The van der Waals surface area contributed by atoms with Crippen LogP contribution in [0.2, 0.25) is 0 Å². The zero-order valence-corrected chi connectivity index (χ0v) is 22.8. The predicted octanol–water partition coefficient (Wildman–Crippen LogP) is 6.32. The second-order valence-corrected chi connectivity index (χ2v) is 10.00. The lowest BCUT2D eigenvalue weighted by Crippen LogP contribution is -2.50. The molecule has 2 atom stereocenters. The molecule has 2 saturated heterocycles. The number of carbonyl (C=O) groups is 2. The molecule has 0 saturated carbocycles. The summed E-state index contributed by atoms with van der Waals surface area (Å²) >= 11 is 0. The molecule has 2 fully saturated rings. The second-order valence-electron chi connectivity index (χ2n) is 10.00. The van der Waals surface area contributed by atoms with Crippen LogP contribution < -0.4 is 5.32 Å². The van der Waals surface area contributed by atoms with Crippen LogP contribution in [0.25, 0.3) is 0 Å². The van der Waals surface area contributed by atoms with Crippen molar-refractivity contribution in [2.45, 2.75) is 90.4 Å². The highest BCUT2D eigenvalue weighted by Gasteiger charge is 2.52. The maximum absolute atomic E-state index is 12.0. The molecule has 0 aromatic rings. The molecule has 0 bridgehead atoms. The predicted molar refractivity (Wildman–Crippen MR) is 141 cm³/mol. The van der Waals surface area contributed by atoms with E-state index in [-0.39, 0.29) is 17.8 Å². The smallest absolute Gasteiger partial charge is 0.410 e. The quantitative estimate of drug-likeness (QED) is 0.256. The Hall–Kier alpha value is -2.54. The van der Waals surface area contributed by atoms with E-state index < -0.39 is 11.2 Å². The van der Waals surface area contributed by atoms with Crippen LogP contribution in [0.15, 0.2) is 48.6 Å². The van der Waals surface area contributed by atoms with Crippen LogP contribution in [0.1, 0.15) is 73.6 Å². The summed E-state index contributed by atoms with van der Waals surface area (Å²) in [6, 6.07) is 0. The topological polar surface area (TPSA) is 80.4 Å². The molecule has 1 N–H and O–H groups in total. The van der Waals surface area contributed by atoms with Crippen molar-refractivity contribution in [1.82, 2.24) is 10.2 Å². The Kier molecular flexibility index (Phi) is 12.3. The number of rotatable bonds is 7. The zero-order valence-electron chi connectivity index (χ0n) is 22.8. The van der Waals surface area contributed by atoms with Gasteiger partial charge in [0.1, 0.15) is 11.2 Å². The molecule has 2 aliphatic heterocycles. The molecule has 3 aliphatic rings. The number of amides is 2. The van der Waals surface area contributed by atoms with Crippen molar-refractivity contribution in [3.8, 4) is 0 Å². The van der Waals surface area contributed by atoms with Crippen LogP contribution in [-0.4, -0.2) is 60.6 Å². The second kappa shape index (κ2) is 14.1. The van der Waals surface area contributed by atoms with E-state index in [4.69, 9.17) is 14.2 Å². The van der Waals surface area contributed by atoms with E-state index in [1.807, 2.05) is 46.8 Å². The van der Waals surface area contributed by atoms with E-state index in [1.165, 1.54) is 0 Å². The van der Waals surface area contributed by atoms with Crippen molar-refractivity contribution in [2.75, 3.05) is 26.7 Å². The van der Waals surface area contributed by atoms with Crippen LogP contribution >= 0.6 is 0 Å². The number of hydrogen-bond acceptors (Lipinski definition) is 5. The number of unbranched alkanes of at least 4 members (excludes halogenated alkanes) is 1. The normalized spacial score (nSPS) is 24.9. The van der Waals surface area contributed by atoms with E-state index in [0.29, 0.717) is 13.1 Å². The lowest BCUT2D eigenvalue weighted by molar-refractivity contribution is -0.0331. The Balaban J connectivity index is 0.000000357. The Morgan fingerprint density at radius 2 is 2.00 bits per heavy atom. The van der Waals surface area contributed by atoms with E-state index in [2.05, 4.69) is 43.1 Å². The van der Waals surface area contributed by atoms with E-state index in [9.17, 15) is 9.59 Å². The minimum atomic E-state index is -0.556. The largest absolute Gasteiger partial charge is 0.444 e. The molecule has 198 valence electrons. The summed E-state index contributed by atoms with van der Waals surface area (Å²) in [6.45, 7) is 17.3. The van der Waals surface area contributed by atoms with Gasteiger partial charge in [-0.15, -0.1) is 6.58 Å². The van der Waals surface area contributed by atoms with E-state index in [0.717, 1.165) is 44.3 Å². The number of nitrogens with one attached hydrogen (secondary N) is 1. The first-order valence-electron chi connectivity index (χ1n) is 12.7. The van der Waals surface area contributed by atoms with Gasteiger partial charge in [-0.25, -0.2) is 9.59 Å². The molecule has 2 amide bonds. The molecule has 35 heavy (non-hydrogen) atoms. The first-order chi connectivity index (χ1) is 16.5. The number of ether oxygens (including phenoxy) is 3. The third-order valence-corrected chi connectivity index (χ3v) is 5.50. The zero-order chi connectivity index (χ0) is 26.5. The van der Waals surface area contributed by atoms with Crippen molar-refractivity contribution < 1.29 is 23.8 Å². The lowest BCUT2D eigenvalue weighted by Gasteiger charge is -2.42. The minimum Gasteiger partial charge on any atom is -0.444 e. The van der Waals surface area contributed by atoms with E-state index >= 15 is 0 Å². The standard InChI is InChI=1S/C16H21NO3.C10H19NO2.C2H6/c1-15(12-19-15)11-16(9-10-17(2)14(18)20-16)13-7-5-3-4-6-8-13;1-5-6-7-8-11-9(12)13-10(2,3)4;1-2/h3,5-8H,4,9-12H2,1-2H3;5H,1,6-8H2,2-4H3,(H,11,12);1-2H3. The molecule has 0 spiro atoms. The molecule has 2 unspecified atom stereocenters. The number of nitrogens with zero attached hydrogens (tertiary/aromatic N) is 1. The SMILES string of the molecule is C=CCCCNC(=O)OC(C)(C)C.CC.CN1CCC(CC2(C)CO2)(C2=CC=CCC=C2)OC1=O. The van der Waals surface area contributed by atoms with Crippen LogP contribution in [0.3, 0.4) is 0 Å². The first kappa shape index (κ1) is 30.5. The van der Waals surface area contributed by atoms with Gasteiger partial charge in [0.05, 0.1) is 12.2 Å². The Labute approximate surface area is 212 Å². The number of carbonyl (C=O) groups excluding carboxylic acids is 2. The van der Waals surface area contributed by atoms with Gasteiger partial charge in [-0.2, -0.15) is 0 Å². The summed E-state index contributed by atoms with van der Waals surface area (Å²) in [5, 5.41) is 2.67. The van der Waals surface area contributed by atoms with Gasteiger partial charge in [0, 0.05) is 33.0 Å². The van der Waals surface area contributed by atoms with Gasteiger partial charge in [-0.05, 0) is 52.5 Å². The van der Waals surface area contributed by atoms with E-state index in [1.54, 1.807) is 11.9 Å². The van der Waals surface area contributed by atoms with Gasteiger partial charge in [-0.3, -0.25) is 0 Å². The Bertz CT molecular complexity index is 790. The van der Waals surface area contributed by atoms with Crippen LogP contribution in [0.4, 0.5) is 9.59 Å². The highest BCUT2D eigenvalue weighted by molar-refractivity contribution is 5.69. The third kappa shape index (κ3) is 11.2. The Morgan fingerprint density at radius 3 is 2.57 bits per heavy atom. The maximum Gasteiger partial charge on any atom is 0.410 e. The molecule has 2 heterocycles. The monoisotopic (exact) mass is 490 g/mol. The molecule has 0 aromatic heterocycles. The Morgan fingerprint density at radius 1 is 1.31 bits per heavy atom. The average molecular weight is 491 g/mol. The number of hydrogen-bond donors (Lipinski definition) is 1.